The van der Waals surface area contributed by atoms with Crippen LogP contribution in [0.15, 0.2) is 133 Å². The van der Waals surface area contributed by atoms with Gasteiger partial charge in [0.15, 0.2) is 0 Å². The first-order valence-electron chi connectivity index (χ1n) is 17.1. The lowest BCUT2D eigenvalue weighted by atomic mass is 9.79. The van der Waals surface area contributed by atoms with Crippen LogP contribution >= 0.6 is 0 Å². The van der Waals surface area contributed by atoms with E-state index >= 15 is 0 Å². The van der Waals surface area contributed by atoms with Gasteiger partial charge in [0, 0.05) is 33.1 Å². The molecule has 0 N–H and O–H groups in total. The minimum Gasteiger partial charge on any atom is -0.309 e. The molecule has 0 aliphatic heterocycles. The van der Waals surface area contributed by atoms with E-state index in [4.69, 9.17) is 0 Å². The van der Waals surface area contributed by atoms with E-state index in [1.165, 1.54) is 83.8 Å². The number of hydrogen-bond acceptors (Lipinski definition) is 1. The Morgan fingerprint density at radius 2 is 1.06 bits per heavy atom. The molecule has 9 rings (SSSR count). The minimum atomic E-state index is -0.0904. The highest BCUT2D eigenvalue weighted by Crippen LogP contribution is 2.58. The zero-order valence-corrected chi connectivity index (χ0v) is 28.3. The van der Waals surface area contributed by atoms with Gasteiger partial charge < -0.3 is 4.90 Å². The Kier molecular flexibility index (Phi) is 5.78. The molecule has 4 aliphatic carbocycles. The molecule has 230 valence electrons. The number of hydrogen-bond donors (Lipinski definition) is 0. The Labute approximate surface area is 279 Å². The molecular weight excluding hydrogens is 567 g/mol. The van der Waals surface area contributed by atoms with Gasteiger partial charge >= 0.3 is 0 Å². The first-order chi connectivity index (χ1) is 22.6. The van der Waals surface area contributed by atoms with Gasteiger partial charge in [0.05, 0.1) is 11.4 Å². The molecular formula is C46H41N. The van der Waals surface area contributed by atoms with Crippen molar-refractivity contribution in [2.45, 2.75) is 64.2 Å². The van der Waals surface area contributed by atoms with Gasteiger partial charge in [-0.2, -0.15) is 0 Å². The van der Waals surface area contributed by atoms with E-state index < -0.39 is 0 Å². The molecule has 0 unspecified atom stereocenters. The fourth-order valence-corrected chi connectivity index (χ4v) is 9.31. The number of nitrogens with zero attached hydrogens (tertiary/aromatic N) is 1. The molecule has 0 saturated heterocycles. The molecule has 1 nitrogen and oxygen atoms in total. The molecule has 1 heteroatoms. The van der Waals surface area contributed by atoms with E-state index in [0.29, 0.717) is 0 Å². The van der Waals surface area contributed by atoms with Crippen LogP contribution in [0.25, 0.3) is 27.8 Å². The van der Waals surface area contributed by atoms with E-state index in [-0.39, 0.29) is 16.2 Å². The third-order valence-corrected chi connectivity index (χ3v) is 11.8. The molecule has 0 bridgehead atoms. The van der Waals surface area contributed by atoms with Crippen LogP contribution in [0.5, 0.6) is 0 Å². The summed E-state index contributed by atoms with van der Waals surface area (Å²) in [5.74, 6) is 0. The zero-order chi connectivity index (χ0) is 32.3. The smallest absolute Gasteiger partial charge is 0.0543 e. The third-order valence-electron chi connectivity index (χ3n) is 11.8. The normalized spacial score (nSPS) is 18.2. The summed E-state index contributed by atoms with van der Waals surface area (Å²) < 4.78 is 0. The molecule has 47 heavy (non-hydrogen) atoms. The van der Waals surface area contributed by atoms with Gasteiger partial charge in [0.25, 0.3) is 0 Å². The second-order valence-corrected chi connectivity index (χ2v) is 15.3. The van der Waals surface area contributed by atoms with Crippen LogP contribution in [0.3, 0.4) is 0 Å². The maximum atomic E-state index is 2.59. The summed E-state index contributed by atoms with van der Waals surface area (Å²) >= 11 is 0. The maximum Gasteiger partial charge on any atom is 0.0543 e. The lowest BCUT2D eigenvalue weighted by Gasteiger charge is -2.32. The molecule has 0 radical (unpaired) electrons. The van der Waals surface area contributed by atoms with Gasteiger partial charge in [0.1, 0.15) is 0 Å². The van der Waals surface area contributed by atoms with Crippen LogP contribution < -0.4 is 4.90 Å². The topological polar surface area (TPSA) is 3.24 Å². The van der Waals surface area contributed by atoms with Crippen LogP contribution in [-0.2, 0) is 16.2 Å². The highest BCUT2D eigenvalue weighted by atomic mass is 15.1. The molecule has 0 amide bonds. The number of anilines is 3. The second kappa shape index (κ2) is 9.58. The predicted octanol–water partition coefficient (Wildman–Crippen LogP) is 12.3. The first-order valence-corrected chi connectivity index (χ1v) is 17.1. The number of benzene rings is 5. The lowest BCUT2D eigenvalue weighted by molar-refractivity contribution is 0.626. The van der Waals surface area contributed by atoms with Crippen LogP contribution in [0.2, 0.25) is 0 Å². The lowest BCUT2D eigenvalue weighted by Crippen LogP contribution is -2.19. The van der Waals surface area contributed by atoms with E-state index in [1.807, 2.05) is 0 Å². The molecule has 5 aromatic rings. The first kappa shape index (κ1) is 28.4. The van der Waals surface area contributed by atoms with Crippen molar-refractivity contribution in [3.05, 3.63) is 166 Å². The summed E-state index contributed by atoms with van der Waals surface area (Å²) in [5, 5.41) is 0. The van der Waals surface area contributed by atoms with Gasteiger partial charge in [-0.05, 0) is 86.3 Å². The molecule has 0 saturated carbocycles. The summed E-state index contributed by atoms with van der Waals surface area (Å²) in [4.78, 5) is 2.59. The van der Waals surface area contributed by atoms with Gasteiger partial charge in [-0.1, -0.05) is 145 Å². The van der Waals surface area contributed by atoms with Crippen LogP contribution in [0.4, 0.5) is 17.1 Å². The van der Waals surface area contributed by atoms with Gasteiger partial charge in [-0.3, -0.25) is 0 Å². The summed E-state index contributed by atoms with van der Waals surface area (Å²) in [7, 11) is 0. The molecule has 0 aromatic heterocycles. The largest absolute Gasteiger partial charge is 0.309 e. The fraction of sp³-hybridized carbons (Fsp3) is 0.217. The van der Waals surface area contributed by atoms with Gasteiger partial charge in [0.2, 0.25) is 0 Å². The van der Waals surface area contributed by atoms with Crippen LogP contribution in [0.1, 0.15) is 81.3 Å². The Bertz CT molecular complexity index is 2250. The summed E-state index contributed by atoms with van der Waals surface area (Å²) in [6.45, 7) is 14.3. The van der Waals surface area contributed by atoms with Gasteiger partial charge in [-0.25, -0.2) is 0 Å². The monoisotopic (exact) mass is 607 g/mol. The Hall–Kier alpha value is -4.88. The number of rotatable bonds is 3. The van der Waals surface area contributed by atoms with Crippen molar-refractivity contribution in [3.8, 4) is 22.3 Å². The third kappa shape index (κ3) is 3.72. The van der Waals surface area contributed by atoms with Crippen molar-refractivity contribution in [1.29, 1.82) is 0 Å². The average Bonchev–Trinajstić information content (AvgIpc) is 3.40. The summed E-state index contributed by atoms with van der Waals surface area (Å²) in [6.07, 6.45) is 10.1. The van der Waals surface area contributed by atoms with E-state index in [1.54, 1.807) is 0 Å². The van der Waals surface area contributed by atoms with E-state index in [0.717, 1.165) is 6.42 Å². The molecule has 0 heterocycles. The van der Waals surface area contributed by atoms with Crippen molar-refractivity contribution in [2.75, 3.05) is 4.90 Å². The van der Waals surface area contributed by atoms with Crippen molar-refractivity contribution >= 4 is 22.6 Å². The minimum absolute atomic E-state index is 0.0554. The highest BCUT2D eigenvalue weighted by molar-refractivity contribution is 6.01. The molecule has 4 aliphatic rings. The second-order valence-electron chi connectivity index (χ2n) is 15.3. The Balaban J connectivity index is 1.36. The summed E-state index contributed by atoms with van der Waals surface area (Å²) in [5.41, 5.74) is 20.1. The molecule has 0 fully saturated rings. The van der Waals surface area contributed by atoms with Crippen LogP contribution in [-0.4, -0.2) is 0 Å². The summed E-state index contributed by atoms with van der Waals surface area (Å²) in [6, 6.07) is 39.2. The average molecular weight is 608 g/mol. The van der Waals surface area contributed by atoms with E-state index in [9.17, 15) is 0 Å². The SMILES string of the molecule is CC1(C)C2=C(C=CC=CC2)c2c(N(c3ccc4c(c3)C(C)(C)c3ccccc3-4)c3cccc4c3-c3ccccc3C4(C)C)cccc21. The number of allylic oxidation sites excluding steroid dienone is 6. The van der Waals surface area contributed by atoms with E-state index in [2.05, 4.69) is 174 Å². The maximum absolute atomic E-state index is 2.59. The van der Waals surface area contributed by atoms with Crippen molar-refractivity contribution in [2.24, 2.45) is 0 Å². The van der Waals surface area contributed by atoms with Crippen molar-refractivity contribution in [1.82, 2.24) is 0 Å². The molecule has 0 atom stereocenters. The standard InChI is InChI=1S/C46H41N/c1-44(2)35-19-9-7-8-17-32(35)42-37(44)22-14-24-40(42)47(29-26-27-31-30-16-10-12-20-34(30)46(5,6)39(31)28-29)41-25-15-23-38-43(41)33-18-11-13-21-36(33)45(38,3)4/h7-18,20-28H,19H2,1-6H3. The number of fused-ring (bicyclic) bond motifs is 8. The fourth-order valence-electron chi connectivity index (χ4n) is 9.31. The Morgan fingerprint density at radius 3 is 1.81 bits per heavy atom. The molecule has 0 spiro atoms. The quantitative estimate of drug-likeness (QED) is 0.197. The highest BCUT2D eigenvalue weighted by Gasteiger charge is 2.42. The van der Waals surface area contributed by atoms with Crippen molar-refractivity contribution in [3.63, 3.8) is 0 Å². The predicted molar refractivity (Wildman–Crippen MR) is 199 cm³/mol. The molecule has 5 aromatic carbocycles. The Morgan fingerprint density at radius 1 is 0.489 bits per heavy atom. The zero-order valence-electron chi connectivity index (χ0n) is 28.3. The van der Waals surface area contributed by atoms with Gasteiger partial charge in [-0.15, -0.1) is 0 Å². The van der Waals surface area contributed by atoms with Crippen molar-refractivity contribution < 1.29 is 0 Å². The van der Waals surface area contributed by atoms with Crippen LogP contribution in [0, 0.1) is 0 Å².